The number of nitrogens with two attached hydrogens (primary N) is 1. The first kappa shape index (κ1) is 14.9. The highest BCUT2D eigenvalue weighted by Crippen LogP contribution is 2.16. The molecule has 0 saturated heterocycles. The first-order valence-corrected chi connectivity index (χ1v) is 6.21. The van der Waals surface area contributed by atoms with Crippen LogP contribution in [0.4, 0.5) is 0 Å². The summed E-state index contributed by atoms with van der Waals surface area (Å²) in [5.41, 5.74) is 5.52. The molecule has 0 radical (unpaired) electrons. The fourth-order valence-electron chi connectivity index (χ4n) is 1.32. The molecule has 2 aromatic rings. The Labute approximate surface area is 115 Å². The van der Waals surface area contributed by atoms with E-state index in [1.165, 1.54) is 0 Å². The molecule has 0 atom stereocenters. The first-order chi connectivity index (χ1) is 8.31. The zero-order chi connectivity index (χ0) is 12.1. The van der Waals surface area contributed by atoms with Gasteiger partial charge in [0.25, 0.3) is 0 Å². The van der Waals surface area contributed by atoms with Crippen LogP contribution in [0.25, 0.3) is 0 Å². The molecule has 0 aliphatic rings. The minimum atomic E-state index is 0. The van der Waals surface area contributed by atoms with Crippen molar-refractivity contribution < 1.29 is 0 Å². The Bertz CT molecular complexity index is 456. The molecule has 0 unspecified atom stereocenters. The van der Waals surface area contributed by atoms with Gasteiger partial charge in [-0.05, 0) is 16.8 Å². The van der Waals surface area contributed by atoms with E-state index in [0.717, 1.165) is 29.7 Å². The number of hydrogen-bond acceptors (Lipinski definition) is 7. The number of nitrogens with zero attached hydrogens (tertiary/aromatic N) is 7. The summed E-state index contributed by atoms with van der Waals surface area (Å²) in [6.45, 7) is 1.22. The standard InChI is InChI=1S/C8H14N8S.ClH/c1-15-7(5-9)11-12-8(15)17-4-2-3-16-6-10-13-14-16;/h6H,2-5,9H2,1H3;1H. The molecule has 0 aliphatic heterocycles. The number of rotatable bonds is 6. The fourth-order valence-corrected chi connectivity index (χ4v) is 2.17. The van der Waals surface area contributed by atoms with Crippen molar-refractivity contribution in [1.29, 1.82) is 0 Å². The van der Waals surface area contributed by atoms with Crippen molar-refractivity contribution in [3.8, 4) is 0 Å². The van der Waals surface area contributed by atoms with Gasteiger partial charge in [-0.2, -0.15) is 0 Å². The average Bonchev–Trinajstić information content (AvgIpc) is 2.95. The van der Waals surface area contributed by atoms with Crippen molar-refractivity contribution in [2.45, 2.75) is 24.7 Å². The Hall–Kier alpha value is -1.19. The SMILES string of the molecule is Cl.Cn1c(CN)nnc1SCCCn1cnnn1. The largest absolute Gasteiger partial charge is 0.324 e. The molecule has 10 heteroatoms. The van der Waals surface area contributed by atoms with Crippen LogP contribution in [0.5, 0.6) is 0 Å². The van der Waals surface area contributed by atoms with E-state index >= 15 is 0 Å². The Morgan fingerprint density at radius 2 is 2.22 bits per heavy atom. The van der Waals surface area contributed by atoms with E-state index in [1.54, 1.807) is 22.8 Å². The van der Waals surface area contributed by atoms with Gasteiger partial charge in [-0.3, -0.25) is 0 Å². The van der Waals surface area contributed by atoms with Crippen LogP contribution < -0.4 is 5.73 Å². The smallest absolute Gasteiger partial charge is 0.190 e. The van der Waals surface area contributed by atoms with E-state index in [4.69, 9.17) is 5.73 Å². The number of thioether (sulfide) groups is 1. The number of aryl methyl sites for hydroxylation is 1. The summed E-state index contributed by atoms with van der Waals surface area (Å²) in [6.07, 6.45) is 2.58. The molecule has 0 aromatic carbocycles. The third kappa shape index (κ3) is 3.65. The third-order valence-corrected chi connectivity index (χ3v) is 3.37. The number of aromatic nitrogens is 7. The highest BCUT2D eigenvalue weighted by atomic mass is 35.5. The number of halogens is 1. The van der Waals surface area contributed by atoms with Gasteiger partial charge < -0.3 is 10.3 Å². The van der Waals surface area contributed by atoms with Crippen molar-refractivity contribution in [3.05, 3.63) is 12.2 Å². The monoisotopic (exact) mass is 290 g/mol. The van der Waals surface area contributed by atoms with Gasteiger partial charge in [-0.15, -0.1) is 27.7 Å². The maximum atomic E-state index is 5.52. The molecule has 0 bridgehead atoms. The van der Waals surface area contributed by atoms with Crippen LogP contribution in [-0.2, 0) is 20.1 Å². The molecule has 0 amide bonds. The average molecular weight is 291 g/mol. The summed E-state index contributed by atoms with van der Waals surface area (Å²) < 4.78 is 3.63. The van der Waals surface area contributed by atoms with E-state index in [9.17, 15) is 0 Å². The molecule has 2 heterocycles. The zero-order valence-corrected chi connectivity index (χ0v) is 11.6. The van der Waals surface area contributed by atoms with Crippen LogP contribution in [0.15, 0.2) is 11.5 Å². The van der Waals surface area contributed by atoms with Crippen LogP contribution in [0.1, 0.15) is 12.2 Å². The molecular formula is C8H15ClN8S. The molecule has 100 valence electrons. The molecule has 2 aromatic heterocycles. The molecule has 2 rings (SSSR count). The van der Waals surface area contributed by atoms with Crippen LogP contribution >= 0.6 is 24.2 Å². The minimum absolute atomic E-state index is 0. The second kappa shape index (κ2) is 7.29. The van der Waals surface area contributed by atoms with Gasteiger partial charge in [-0.25, -0.2) is 4.68 Å². The molecule has 18 heavy (non-hydrogen) atoms. The lowest BCUT2D eigenvalue weighted by molar-refractivity contribution is 0.581. The summed E-state index contributed by atoms with van der Waals surface area (Å²) in [4.78, 5) is 0. The van der Waals surface area contributed by atoms with E-state index in [2.05, 4.69) is 25.7 Å². The second-order valence-corrected chi connectivity index (χ2v) is 4.50. The lowest BCUT2D eigenvalue weighted by Gasteiger charge is -2.02. The highest BCUT2D eigenvalue weighted by Gasteiger charge is 2.06. The lowest BCUT2D eigenvalue weighted by Crippen LogP contribution is -2.05. The van der Waals surface area contributed by atoms with E-state index in [-0.39, 0.29) is 12.4 Å². The highest BCUT2D eigenvalue weighted by molar-refractivity contribution is 7.99. The topological polar surface area (TPSA) is 100 Å². The molecule has 0 aliphatic carbocycles. The Morgan fingerprint density at radius 1 is 1.39 bits per heavy atom. The third-order valence-electron chi connectivity index (χ3n) is 2.26. The molecular weight excluding hydrogens is 276 g/mol. The van der Waals surface area contributed by atoms with Crippen molar-refractivity contribution in [1.82, 2.24) is 35.0 Å². The van der Waals surface area contributed by atoms with Gasteiger partial charge >= 0.3 is 0 Å². The van der Waals surface area contributed by atoms with Crippen molar-refractivity contribution in [2.24, 2.45) is 12.8 Å². The Kier molecular flexibility index (Phi) is 6.02. The van der Waals surface area contributed by atoms with Gasteiger partial charge in [0, 0.05) is 19.3 Å². The quantitative estimate of drug-likeness (QED) is 0.584. The Balaban J connectivity index is 0.00000162. The summed E-state index contributed by atoms with van der Waals surface area (Å²) in [5.74, 6) is 1.74. The van der Waals surface area contributed by atoms with Gasteiger partial charge in [0.15, 0.2) is 5.16 Å². The van der Waals surface area contributed by atoms with Crippen LogP contribution in [-0.4, -0.2) is 40.7 Å². The fraction of sp³-hybridized carbons (Fsp3) is 0.625. The van der Waals surface area contributed by atoms with E-state index in [1.807, 2.05) is 11.6 Å². The summed E-state index contributed by atoms with van der Waals surface area (Å²) in [5, 5.41) is 19.9. The van der Waals surface area contributed by atoms with Crippen LogP contribution in [0, 0.1) is 0 Å². The molecule has 0 saturated carbocycles. The van der Waals surface area contributed by atoms with Crippen molar-refractivity contribution >= 4 is 24.2 Å². The lowest BCUT2D eigenvalue weighted by atomic mass is 10.5. The minimum Gasteiger partial charge on any atom is -0.324 e. The Morgan fingerprint density at radius 3 is 2.83 bits per heavy atom. The number of hydrogen-bond donors (Lipinski definition) is 1. The molecule has 2 N–H and O–H groups in total. The van der Waals surface area contributed by atoms with Gasteiger partial charge in [0.1, 0.15) is 12.2 Å². The maximum absolute atomic E-state index is 5.52. The van der Waals surface area contributed by atoms with Crippen LogP contribution in [0.2, 0.25) is 0 Å². The first-order valence-electron chi connectivity index (χ1n) is 5.23. The molecule has 0 fully saturated rings. The molecule has 8 nitrogen and oxygen atoms in total. The van der Waals surface area contributed by atoms with Crippen molar-refractivity contribution in [3.63, 3.8) is 0 Å². The number of tetrazole rings is 1. The predicted octanol–water partition coefficient (Wildman–Crippen LogP) is -0.135. The molecule has 0 spiro atoms. The maximum Gasteiger partial charge on any atom is 0.190 e. The predicted molar refractivity (Wildman–Crippen MR) is 69.3 cm³/mol. The van der Waals surface area contributed by atoms with Crippen molar-refractivity contribution in [2.75, 3.05) is 5.75 Å². The summed E-state index contributed by atoms with van der Waals surface area (Å²) >= 11 is 1.66. The van der Waals surface area contributed by atoms with E-state index < -0.39 is 0 Å². The van der Waals surface area contributed by atoms with Gasteiger partial charge in [0.05, 0.1) is 6.54 Å². The normalized spacial score (nSPS) is 10.3. The van der Waals surface area contributed by atoms with Crippen LogP contribution in [0.3, 0.4) is 0 Å². The second-order valence-electron chi connectivity index (χ2n) is 3.44. The van der Waals surface area contributed by atoms with Gasteiger partial charge in [0.2, 0.25) is 0 Å². The zero-order valence-electron chi connectivity index (χ0n) is 9.93. The van der Waals surface area contributed by atoms with E-state index in [0.29, 0.717) is 6.54 Å². The van der Waals surface area contributed by atoms with Gasteiger partial charge in [-0.1, -0.05) is 11.8 Å². The summed E-state index contributed by atoms with van der Waals surface area (Å²) in [7, 11) is 1.92. The summed E-state index contributed by atoms with van der Waals surface area (Å²) in [6, 6.07) is 0.